The summed E-state index contributed by atoms with van der Waals surface area (Å²) in [6.07, 6.45) is 4.56. The van der Waals surface area contributed by atoms with Crippen molar-refractivity contribution in [3.63, 3.8) is 0 Å². The number of nitrogens with one attached hydrogen (secondary N) is 3. The van der Waals surface area contributed by atoms with Crippen LogP contribution in [0.2, 0.25) is 0 Å². The molecule has 0 radical (unpaired) electrons. The summed E-state index contributed by atoms with van der Waals surface area (Å²) in [6, 6.07) is 12.4. The number of carbonyl (C=O) groups is 1. The molecule has 2 aromatic heterocycles. The molecule has 0 bridgehead atoms. The molecule has 0 saturated heterocycles. The van der Waals surface area contributed by atoms with Crippen molar-refractivity contribution < 1.29 is 4.79 Å². The van der Waals surface area contributed by atoms with Crippen molar-refractivity contribution in [2.75, 3.05) is 13.1 Å². The van der Waals surface area contributed by atoms with Crippen molar-refractivity contribution in [1.82, 2.24) is 15.6 Å². The highest BCUT2D eigenvalue weighted by Crippen LogP contribution is 2.32. The summed E-state index contributed by atoms with van der Waals surface area (Å²) in [5.41, 5.74) is 2.36. The number of benzene rings is 1. The summed E-state index contributed by atoms with van der Waals surface area (Å²) >= 11 is 1.73. The second kappa shape index (κ2) is 6.69. The molecule has 2 heterocycles. The Morgan fingerprint density at radius 2 is 2.08 bits per heavy atom. The highest BCUT2D eigenvalue weighted by molar-refractivity contribution is 7.10. The molecule has 5 heteroatoms. The van der Waals surface area contributed by atoms with Crippen molar-refractivity contribution in [2.24, 2.45) is 5.92 Å². The van der Waals surface area contributed by atoms with Crippen molar-refractivity contribution in [1.29, 1.82) is 0 Å². The predicted octanol–water partition coefficient (Wildman–Crippen LogP) is 4.07. The van der Waals surface area contributed by atoms with Gasteiger partial charge in [0.1, 0.15) is 0 Å². The van der Waals surface area contributed by atoms with Gasteiger partial charge in [0.25, 0.3) is 0 Å². The zero-order valence-electron chi connectivity index (χ0n) is 13.4. The minimum Gasteiger partial charge on any atom is -0.361 e. The molecule has 1 aliphatic carbocycles. The van der Waals surface area contributed by atoms with E-state index < -0.39 is 0 Å². The maximum absolute atomic E-state index is 12.1. The van der Waals surface area contributed by atoms with Gasteiger partial charge in [-0.05, 0) is 41.8 Å². The van der Waals surface area contributed by atoms with Crippen LogP contribution in [0.15, 0.2) is 48.0 Å². The van der Waals surface area contributed by atoms with Crippen LogP contribution in [0, 0.1) is 5.92 Å². The zero-order valence-corrected chi connectivity index (χ0v) is 14.2. The van der Waals surface area contributed by atoms with Gasteiger partial charge in [-0.1, -0.05) is 24.3 Å². The molecule has 1 unspecified atom stereocenters. The van der Waals surface area contributed by atoms with E-state index in [2.05, 4.69) is 57.5 Å². The summed E-state index contributed by atoms with van der Waals surface area (Å²) < 4.78 is 0. The van der Waals surface area contributed by atoms with Crippen molar-refractivity contribution in [3.05, 3.63) is 58.4 Å². The van der Waals surface area contributed by atoms with E-state index in [1.807, 2.05) is 6.07 Å². The normalized spacial score (nSPS) is 15.3. The second-order valence-corrected chi connectivity index (χ2v) is 7.37. The summed E-state index contributed by atoms with van der Waals surface area (Å²) in [5.74, 6) is 0.852. The third-order valence-electron chi connectivity index (χ3n) is 4.60. The van der Waals surface area contributed by atoms with Gasteiger partial charge in [0.2, 0.25) is 0 Å². The third-order valence-corrected chi connectivity index (χ3v) is 5.58. The summed E-state index contributed by atoms with van der Waals surface area (Å²) in [5, 5.41) is 9.33. The van der Waals surface area contributed by atoms with E-state index >= 15 is 0 Å². The van der Waals surface area contributed by atoms with E-state index in [-0.39, 0.29) is 11.9 Å². The Labute approximate surface area is 145 Å². The molecule has 3 N–H and O–H groups in total. The monoisotopic (exact) mass is 339 g/mol. The molecule has 1 atom stereocenters. The quantitative estimate of drug-likeness (QED) is 0.623. The minimum atomic E-state index is -0.0664. The molecule has 24 heavy (non-hydrogen) atoms. The lowest BCUT2D eigenvalue weighted by Crippen LogP contribution is -2.38. The highest BCUT2D eigenvalue weighted by atomic mass is 32.1. The van der Waals surface area contributed by atoms with Crippen LogP contribution in [0.4, 0.5) is 4.79 Å². The number of fused-ring (bicyclic) bond motifs is 1. The molecular formula is C19H21N3OS. The fourth-order valence-electron chi connectivity index (χ4n) is 3.05. The average Bonchev–Trinajstić information content (AvgIpc) is 3.09. The van der Waals surface area contributed by atoms with Crippen LogP contribution in [0.5, 0.6) is 0 Å². The number of H-pyrrole nitrogens is 1. The molecule has 1 fully saturated rings. The van der Waals surface area contributed by atoms with Crippen LogP contribution in [0.3, 0.4) is 0 Å². The number of thiophene rings is 1. The fraction of sp³-hybridized carbons (Fsp3) is 0.316. The molecule has 1 aromatic carbocycles. The number of urea groups is 1. The van der Waals surface area contributed by atoms with Crippen LogP contribution in [-0.2, 0) is 0 Å². The summed E-state index contributed by atoms with van der Waals surface area (Å²) in [7, 11) is 0. The third kappa shape index (κ3) is 3.31. The minimum absolute atomic E-state index is 0.0664. The largest absolute Gasteiger partial charge is 0.361 e. The van der Waals surface area contributed by atoms with Crippen LogP contribution in [0.25, 0.3) is 10.9 Å². The Morgan fingerprint density at radius 1 is 1.21 bits per heavy atom. The van der Waals surface area contributed by atoms with Crippen LogP contribution >= 0.6 is 11.3 Å². The van der Waals surface area contributed by atoms with Crippen molar-refractivity contribution in [2.45, 2.75) is 18.8 Å². The Kier molecular flexibility index (Phi) is 4.26. The van der Waals surface area contributed by atoms with Gasteiger partial charge < -0.3 is 15.6 Å². The van der Waals surface area contributed by atoms with E-state index in [0.29, 0.717) is 12.5 Å². The van der Waals surface area contributed by atoms with Crippen LogP contribution in [0.1, 0.15) is 29.2 Å². The molecule has 1 aliphatic rings. The van der Waals surface area contributed by atoms with E-state index in [9.17, 15) is 4.79 Å². The number of para-hydroxylation sites is 1. The number of carbonyl (C=O) groups excluding carboxylic acids is 1. The number of amides is 2. The van der Waals surface area contributed by atoms with Gasteiger partial charge in [0.05, 0.1) is 0 Å². The van der Waals surface area contributed by atoms with E-state index in [0.717, 1.165) is 12.1 Å². The van der Waals surface area contributed by atoms with Gasteiger partial charge in [-0.3, -0.25) is 0 Å². The Balaban J connectivity index is 1.52. The molecule has 2 amide bonds. The average molecular weight is 339 g/mol. The first kappa shape index (κ1) is 15.3. The van der Waals surface area contributed by atoms with E-state index in [1.54, 1.807) is 11.3 Å². The lowest BCUT2D eigenvalue weighted by atomic mass is 9.97. The van der Waals surface area contributed by atoms with E-state index in [4.69, 9.17) is 0 Å². The number of aromatic amines is 1. The first-order valence-electron chi connectivity index (χ1n) is 8.42. The van der Waals surface area contributed by atoms with Gasteiger partial charge in [-0.15, -0.1) is 11.3 Å². The topological polar surface area (TPSA) is 56.9 Å². The standard InChI is InChI=1S/C19H21N3OS/c23-19(21-10-13-7-8-13)22-12-16(18-6-3-9-24-18)15-11-20-17-5-2-1-4-14(15)17/h1-6,9,11,13,16,20H,7-8,10,12H2,(H2,21,22,23). The number of rotatable bonds is 6. The lowest BCUT2D eigenvalue weighted by molar-refractivity contribution is 0.240. The van der Waals surface area contributed by atoms with Gasteiger partial charge in [-0.2, -0.15) is 0 Å². The van der Waals surface area contributed by atoms with Gasteiger partial charge >= 0.3 is 6.03 Å². The zero-order chi connectivity index (χ0) is 16.4. The smallest absolute Gasteiger partial charge is 0.314 e. The van der Waals surface area contributed by atoms with Crippen molar-refractivity contribution in [3.8, 4) is 0 Å². The van der Waals surface area contributed by atoms with Gasteiger partial charge in [0, 0.05) is 41.0 Å². The number of hydrogen-bond acceptors (Lipinski definition) is 2. The highest BCUT2D eigenvalue weighted by Gasteiger charge is 2.23. The van der Waals surface area contributed by atoms with Crippen LogP contribution < -0.4 is 10.6 Å². The Morgan fingerprint density at radius 3 is 2.88 bits per heavy atom. The Bertz CT molecular complexity index is 820. The Hall–Kier alpha value is -2.27. The molecule has 3 aromatic rings. The summed E-state index contributed by atoms with van der Waals surface area (Å²) in [6.45, 7) is 1.39. The molecular weight excluding hydrogens is 318 g/mol. The first-order valence-corrected chi connectivity index (χ1v) is 9.30. The molecule has 4 rings (SSSR count). The predicted molar refractivity (Wildman–Crippen MR) is 98.6 cm³/mol. The SMILES string of the molecule is O=C(NCC1CC1)NCC(c1cccs1)c1c[nH]c2ccccc12. The van der Waals surface area contributed by atoms with Gasteiger partial charge in [0.15, 0.2) is 0 Å². The molecule has 0 aliphatic heterocycles. The maximum atomic E-state index is 12.1. The molecule has 4 nitrogen and oxygen atoms in total. The second-order valence-electron chi connectivity index (χ2n) is 6.39. The fourth-order valence-corrected chi connectivity index (χ4v) is 3.90. The number of aromatic nitrogens is 1. The first-order chi connectivity index (χ1) is 11.8. The molecule has 1 saturated carbocycles. The lowest BCUT2D eigenvalue weighted by Gasteiger charge is -2.16. The summed E-state index contributed by atoms with van der Waals surface area (Å²) in [4.78, 5) is 16.7. The van der Waals surface area contributed by atoms with Crippen molar-refractivity contribution >= 4 is 28.3 Å². The molecule has 124 valence electrons. The van der Waals surface area contributed by atoms with Crippen LogP contribution in [-0.4, -0.2) is 24.1 Å². The number of hydrogen-bond donors (Lipinski definition) is 3. The van der Waals surface area contributed by atoms with Gasteiger partial charge in [-0.25, -0.2) is 4.79 Å². The molecule has 0 spiro atoms. The van der Waals surface area contributed by atoms with E-state index in [1.165, 1.54) is 28.7 Å². The maximum Gasteiger partial charge on any atom is 0.314 e.